The number of aromatic nitrogens is 4. The van der Waals surface area contributed by atoms with E-state index in [-0.39, 0.29) is 55.2 Å². The molecule has 4 aromatic rings. The summed E-state index contributed by atoms with van der Waals surface area (Å²) in [6.07, 6.45) is 0.709. The number of anilines is 1. The molecule has 0 spiro atoms. The number of H-pyrrole nitrogens is 1. The van der Waals surface area contributed by atoms with Gasteiger partial charge in [0.05, 0.1) is 25.1 Å². The number of imidazole rings is 1. The van der Waals surface area contributed by atoms with Gasteiger partial charge in [-0.15, -0.1) is 0 Å². The predicted molar refractivity (Wildman–Crippen MR) is 145 cm³/mol. The molecule has 2 aromatic carbocycles. The Balaban J connectivity index is 1.14. The molecule has 3 unspecified atom stereocenters. The highest BCUT2D eigenvalue weighted by Gasteiger charge is 2.42. The van der Waals surface area contributed by atoms with Crippen molar-refractivity contribution < 1.29 is 42.2 Å². The van der Waals surface area contributed by atoms with E-state index in [1.54, 1.807) is 16.7 Å². The molecule has 2 aliphatic heterocycles. The van der Waals surface area contributed by atoms with Crippen LogP contribution < -0.4 is 39.3 Å². The molecule has 0 amide bonds. The second-order valence-electron chi connectivity index (χ2n) is 9.73. The van der Waals surface area contributed by atoms with Crippen LogP contribution in [0.5, 0.6) is 34.5 Å². The lowest BCUT2D eigenvalue weighted by molar-refractivity contribution is 0.0971. The number of aliphatic hydroxyl groups is 1. The smallest absolute Gasteiger partial charge is 0.454 e. The van der Waals surface area contributed by atoms with Crippen LogP contribution >= 0.6 is 7.82 Å². The van der Waals surface area contributed by atoms with Crippen LogP contribution in [0.3, 0.4) is 0 Å². The topological polar surface area (TPSA) is 192 Å². The number of nitrogen functional groups attached to an aromatic ring is 1. The molecule has 4 N–H and O–H groups in total. The molecule has 1 fully saturated rings. The van der Waals surface area contributed by atoms with Gasteiger partial charge in [0.15, 0.2) is 34.2 Å². The number of benzene rings is 2. The van der Waals surface area contributed by atoms with Gasteiger partial charge in [-0.3, -0.25) is 14.3 Å². The van der Waals surface area contributed by atoms with E-state index in [9.17, 15) is 14.5 Å². The Morgan fingerprint density at radius 3 is 2.31 bits per heavy atom. The van der Waals surface area contributed by atoms with Gasteiger partial charge in [0, 0.05) is 18.1 Å². The van der Waals surface area contributed by atoms with E-state index >= 15 is 0 Å². The molecule has 1 saturated carbocycles. The van der Waals surface area contributed by atoms with E-state index in [0.717, 1.165) is 0 Å². The molecule has 3 aliphatic rings. The SMILES string of the molecule is C=C1C(COP(=O)(Oc2ccc3c(c2)OCO3)Oc2ccc3c(c2)OCO3)C(O)CC1n1cnc2c(=O)[nH]c(N)nc21. The van der Waals surface area contributed by atoms with Gasteiger partial charge in [0.25, 0.3) is 5.56 Å². The molecule has 218 valence electrons. The summed E-state index contributed by atoms with van der Waals surface area (Å²) in [6.45, 7) is 3.98. The standard InChI is InChI=1S/C26H24N5O10P/c1-13-16(18(32)8-17(13)31-10-28-23-24(31)29-26(27)30-25(23)33)9-39-42(34,40-14-2-4-19-21(6-14)37-11-35-19)41-15-3-5-20-22(7-15)38-12-36-20/h2-7,10,16-18,32H,1,8-9,11-12H2,(H3,27,29,30,33). The lowest BCUT2D eigenvalue weighted by Crippen LogP contribution is -2.21. The van der Waals surface area contributed by atoms with Crippen LogP contribution in [-0.2, 0) is 9.09 Å². The predicted octanol–water partition coefficient (Wildman–Crippen LogP) is 2.92. The molecule has 15 nitrogen and oxygen atoms in total. The Bertz CT molecular complexity index is 1760. The molecule has 0 radical (unpaired) electrons. The fourth-order valence-corrected chi connectivity index (χ4v) is 6.32. The summed E-state index contributed by atoms with van der Waals surface area (Å²) >= 11 is 0. The summed E-state index contributed by atoms with van der Waals surface area (Å²) < 4.78 is 54.5. The highest BCUT2D eigenvalue weighted by molar-refractivity contribution is 7.49. The van der Waals surface area contributed by atoms with E-state index in [4.69, 9.17) is 38.3 Å². The van der Waals surface area contributed by atoms with Crippen molar-refractivity contribution in [3.63, 3.8) is 0 Å². The number of phosphoric ester groups is 1. The minimum absolute atomic E-state index is 0.0478. The summed E-state index contributed by atoms with van der Waals surface area (Å²) in [7, 11) is -4.39. The Hall–Kier alpha value is -4.72. The molecule has 1 aliphatic carbocycles. The van der Waals surface area contributed by atoms with Gasteiger partial charge in [-0.05, 0) is 36.3 Å². The van der Waals surface area contributed by atoms with Gasteiger partial charge in [-0.1, -0.05) is 6.58 Å². The monoisotopic (exact) mass is 597 g/mol. The Morgan fingerprint density at radius 2 is 1.67 bits per heavy atom. The molecule has 16 heteroatoms. The third kappa shape index (κ3) is 4.66. The Labute approximate surface area is 237 Å². The van der Waals surface area contributed by atoms with Gasteiger partial charge in [-0.2, -0.15) is 4.98 Å². The number of hydrogen-bond donors (Lipinski definition) is 3. The second kappa shape index (κ2) is 9.98. The van der Waals surface area contributed by atoms with Gasteiger partial charge in [0.2, 0.25) is 19.5 Å². The lowest BCUT2D eigenvalue weighted by Gasteiger charge is -2.23. The summed E-state index contributed by atoms with van der Waals surface area (Å²) in [6, 6.07) is 8.81. The molecular weight excluding hydrogens is 573 g/mol. The third-order valence-corrected chi connectivity index (χ3v) is 8.49. The number of aromatic amines is 1. The highest BCUT2D eigenvalue weighted by atomic mass is 31.2. The highest BCUT2D eigenvalue weighted by Crippen LogP contribution is 2.53. The average Bonchev–Trinajstić information content (AvgIpc) is 3.74. The molecule has 7 rings (SSSR count). The van der Waals surface area contributed by atoms with Gasteiger partial charge in [0.1, 0.15) is 11.5 Å². The van der Waals surface area contributed by atoms with Crippen LogP contribution in [0.2, 0.25) is 0 Å². The third-order valence-electron chi connectivity index (χ3n) is 7.15. The normalized spacial score (nSPS) is 20.8. The first-order chi connectivity index (χ1) is 20.3. The zero-order valence-electron chi connectivity index (χ0n) is 21.8. The maximum Gasteiger partial charge on any atom is 0.587 e. The number of nitrogens with two attached hydrogens (primary N) is 1. The molecule has 2 aromatic heterocycles. The van der Waals surface area contributed by atoms with Gasteiger partial charge < -0.3 is 43.4 Å². The van der Waals surface area contributed by atoms with Crippen molar-refractivity contribution in [1.29, 1.82) is 0 Å². The number of phosphoric acid groups is 1. The van der Waals surface area contributed by atoms with E-state index in [1.807, 2.05) is 0 Å². The van der Waals surface area contributed by atoms with E-state index in [2.05, 4.69) is 21.5 Å². The van der Waals surface area contributed by atoms with Crippen LogP contribution in [0.4, 0.5) is 5.95 Å². The summed E-state index contributed by atoms with van der Waals surface area (Å²) in [5.74, 6) is 1.38. The van der Waals surface area contributed by atoms with Crippen molar-refractivity contribution in [3.05, 3.63) is 65.2 Å². The quantitative estimate of drug-likeness (QED) is 0.199. The van der Waals surface area contributed by atoms with Crippen LogP contribution in [0.25, 0.3) is 11.2 Å². The second-order valence-corrected chi connectivity index (χ2v) is 11.2. The van der Waals surface area contributed by atoms with E-state index < -0.39 is 31.4 Å². The van der Waals surface area contributed by atoms with Crippen molar-refractivity contribution in [3.8, 4) is 34.5 Å². The van der Waals surface area contributed by atoms with Crippen LogP contribution in [0.1, 0.15) is 12.5 Å². The largest absolute Gasteiger partial charge is 0.587 e. The molecule has 4 heterocycles. The Kier molecular flexibility index (Phi) is 6.22. The zero-order chi connectivity index (χ0) is 29.0. The van der Waals surface area contributed by atoms with Crippen LogP contribution in [0, 0.1) is 5.92 Å². The van der Waals surface area contributed by atoms with Crippen LogP contribution in [0.15, 0.2) is 59.7 Å². The van der Waals surface area contributed by atoms with Crippen molar-refractivity contribution in [2.24, 2.45) is 5.92 Å². The van der Waals surface area contributed by atoms with Gasteiger partial charge in [-0.25, -0.2) is 9.55 Å². The number of nitrogens with one attached hydrogen (secondary N) is 1. The van der Waals surface area contributed by atoms with Crippen molar-refractivity contribution in [2.45, 2.75) is 18.6 Å². The summed E-state index contributed by atoms with van der Waals surface area (Å²) in [5.41, 5.74) is 6.14. The maximum absolute atomic E-state index is 14.1. The summed E-state index contributed by atoms with van der Waals surface area (Å²) in [4.78, 5) is 23.0. The zero-order valence-corrected chi connectivity index (χ0v) is 22.7. The molecule has 0 bridgehead atoms. The average molecular weight is 597 g/mol. The van der Waals surface area contributed by atoms with Crippen molar-refractivity contribution >= 4 is 24.9 Å². The first-order valence-corrected chi connectivity index (χ1v) is 14.2. The van der Waals surface area contributed by atoms with Crippen LogP contribution in [-0.4, -0.2) is 50.9 Å². The minimum Gasteiger partial charge on any atom is -0.454 e. The maximum atomic E-state index is 14.1. The first kappa shape index (κ1) is 26.2. The molecule has 3 atom stereocenters. The summed E-state index contributed by atoms with van der Waals surface area (Å²) in [5, 5.41) is 11.0. The minimum atomic E-state index is -4.39. The molecule has 0 saturated heterocycles. The first-order valence-electron chi connectivity index (χ1n) is 12.8. The number of rotatable bonds is 8. The number of aliphatic hydroxyl groups excluding tert-OH is 1. The number of hydrogen-bond acceptors (Lipinski definition) is 13. The molecule has 42 heavy (non-hydrogen) atoms. The van der Waals surface area contributed by atoms with Crippen molar-refractivity contribution in [2.75, 3.05) is 25.9 Å². The number of fused-ring (bicyclic) bond motifs is 3. The number of ether oxygens (including phenoxy) is 4. The Morgan fingerprint density at radius 1 is 1.05 bits per heavy atom. The van der Waals surface area contributed by atoms with E-state index in [0.29, 0.717) is 28.6 Å². The fraction of sp³-hybridized carbons (Fsp3) is 0.269. The lowest BCUT2D eigenvalue weighted by atomic mass is 10.0. The van der Waals surface area contributed by atoms with Gasteiger partial charge >= 0.3 is 7.82 Å². The molecular formula is C26H24N5O10P. The van der Waals surface area contributed by atoms with E-state index in [1.165, 1.54) is 30.6 Å². The fourth-order valence-electron chi connectivity index (χ4n) is 5.09. The van der Waals surface area contributed by atoms with Crippen molar-refractivity contribution in [1.82, 2.24) is 19.5 Å². The number of nitrogens with zero attached hydrogens (tertiary/aromatic N) is 3.